The summed E-state index contributed by atoms with van der Waals surface area (Å²) in [7, 11) is 0. The van der Waals surface area contributed by atoms with E-state index in [1.54, 1.807) is 0 Å². The van der Waals surface area contributed by atoms with E-state index in [1.807, 2.05) is 0 Å². The van der Waals surface area contributed by atoms with E-state index < -0.39 is 5.97 Å². The van der Waals surface area contributed by atoms with E-state index in [9.17, 15) is 9.59 Å². The molecule has 0 aromatic rings. The molecule has 0 aromatic carbocycles. The molecule has 1 N–H and O–H groups in total. The Bertz CT molecular complexity index is 169. The van der Waals surface area contributed by atoms with E-state index in [-0.39, 0.29) is 5.92 Å². The lowest BCUT2D eigenvalue weighted by Gasteiger charge is -2.26. The lowest BCUT2D eigenvalue weighted by atomic mass is 9.99. The Balaban J connectivity index is 2.45. The zero-order valence-corrected chi connectivity index (χ0v) is 6.19. The molecule has 0 aliphatic carbocycles. The molecule has 62 valence electrons. The fourth-order valence-corrected chi connectivity index (χ4v) is 1.30. The van der Waals surface area contributed by atoms with Crippen molar-refractivity contribution in [2.24, 2.45) is 5.92 Å². The van der Waals surface area contributed by atoms with Gasteiger partial charge in [-0.15, -0.1) is 0 Å². The van der Waals surface area contributed by atoms with Crippen molar-refractivity contribution in [3.8, 4) is 0 Å². The Morgan fingerprint density at radius 3 is 2.91 bits per heavy atom. The highest BCUT2D eigenvalue weighted by atomic mass is 16.4. The van der Waals surface area contributed by atoms with Crippen molar-refractivity contribution in [3.63, 3.8) is 0 Å². The first-order valence-corrected chi connectivity index (χ1v) is 3.66. The predicted octanol–water partition coefficient (Wildman–Crippen LogP) is -0.0606. The second-order valence-corrected chi connectivity index (χ2v) is 2.78. The molecule has 4 nitrogen and oxygen atoms in total. The van der Waals surface area contributed by atoms with Gasteiger partial charge in [0.2, 0.25) is 6.41 Å². The summed E-state index contributed by atoms with van der Waals surface area (Å²) in [5, 5.41) is 8.61. The molecule has 11 heavy (non-hydrogen) atoms. The van der Waals surface area contributed by atoms with Crippen molar-refractivity contribution >= 4 is 12.4 Å². The fourth-order valence-electron chi connectivity index (χ4n) is 1.30. The molecule has 0 bridgehead atoms. The summed E-state index contributed by atoms with van der Waals surface area (Å²) in [4.78, 5) is 22.3. The molecule has 1 unspecified atom stereocenters. The number of likely N-dealkylation sites (tertiary alicyclic amines) is 1. The first-order valence-electron chi connectivity index (χ1n) is 3.66. The zero-order valence-electron chi connectivity index (χ0n) is 6.19. The number of amides is 1. The van der Waals surface area contributed by atoms with Crippen LogP contribution >= 0.6 is 0 Å². The number of piperidine rings is 1. The van der Waals surface area contributed by atoms with Gasteiger partial charge < -0.3 is 10.0 Å². The Labute approximate surface area is 64.8 Å². The van der Waals surface area contributed by atoms with Crippen LogP contribution < -0.4 is 0 Å². The predicted molar refractivity (Wildman–Crippen MR) is 38.0 cm³/mol. The molecule has 4 heteroatoms. The topological polar surface area (TPSA) is 57.6 Å². The quantitative estimate of drug-likeness (QED) is 0.571. The van der Waals surface area contributed by atoms with Crippen LogP contribution in [0.3, 0.4) is 0 Å². The molecule has 0 aromatic heterocycles. The normalized spacial score (nSPS) is 24.7. The molecule has 0 spiro atoms. The number of rotatable bonds is 2. The van der Waals surface area contributed by atoms with Crippen LogP contribution in [0.5, 0.6) is 0 Å². The highest BCUT2D eigenvalue weighted by Gasteiger charge is 2.23. The van der Waals surface area contributed by atoms with Crippen molar-refractivity contribution in [3.05, 3.63) is 0 Å². The van der Waals surface area contributed by atoms with Crippen LogP contribution in [0.1, 0.15) is 12.8 Å². The van der Waals surface area contributed by atoms with E-state index >= 15 is 0 Å². The van der Waals surface area contributed by atoms with Gasteiger partial charge in [0.1, 0.15) is 0 Å². The van der Waals surface area contributed by atoms with Gasteiger partial charge in [0, 0.05) is 13.1 Å². The smallest absolute Gasteiger partial charge is 0.308 e. The van der Waals surface area contributed by atoms with Crippen LogP contribution in [-0.2, 0) is 9.59 Å². The molecule has 1 amide bonds. The number of carbonyl (C=O) groups excluding carboxylic acids is 1. The van der Waals surface area contributed by atoms with E-state index in [0.717, 1.165) is 12.8 Å². The van der Waals surface area contributed by atoms with Crippen LogP contribution in [-0.4, -0.2) is 35.5 Å². The van der Waals surface area contributed by atoms with E-state index in [4.69, 9.17) is 5.11 Å². The third-order valence-corrected chi connectivity index (χ3v) is 1.95. The van der Waals surface area contributed by atoms with Crippen LogP contribution in [0, 0.1) is 5.92 Å². The number of carboxylic acids is 1. The summed E-state index contributed by atoms with van der Waals surface area (Å²) >= 11 is 0. The summed E-state index contributed by atoms with van der Waals surface area (Å²) in [6.07, 6.45) is 2.21. The molecule has 1 fully saturated rings. The third-order valence-electron chi connectivity index (χ3n) is 1.95. The highest BCUT2D eigenvalue weighted by molar-refractivity contribution is 5.70. The lowest BCUT2D eigenvalue weighted by Crippen LogP contribution is -2.37. The monoisotopic (exact) mass is 157 g/mol. The molecule has 1 atom stereocenters. The Kier molecular flexibility index (Phi) is 2.46. The van der Waals surface area contributed by atoms with Crippen molar-refractivity contribution in [2.75, 3.05) is 13.1 Å². The maximum atomic E-state index is 10.5. The van der Waals surface area contributed by atoms with Crippen molar-refractivity contribution in [1.29, 1.82) is 0 Å². The standard InChI is InChI=1S/C7H11NO3/c9-5-8-3-1-2-6(4-8)7(10)11/h5-6H,1-4H2,(H,10,11). The largest absolute Gasteiger partial charge is 0.481 e. The van der Waals surface area contributed by atoms with Gasteiger partial charge in [0.05, 0.1) is 5.92 Å². The summed E-state index contributed by atoms with van der Waals surface area (Å²) in [6.45, 7) is 1.08. The number of carbonyl (C=O) groups is 2. The third kappa shape index (κ3) is 1.93. The van der Waals surface area contributed by atoms with Gasteiger partial charge in [-0.05, 0) is 12.8 Å². The van der Waals surface area contributed by atoms with Gasteiger partial charge in [-0.25, -0.2) is 0 Å². The van der Waals surface area contributed by atoms with Gasteiger partial charge in [0.15, 0.2) is 0 Å². The minimum atomic E-state index is -0.795. The fraction of sp³-hybridized carbons (Fsp3) is 0.714. The van der Waals surface area contributed by atoms with Crippen LogP contribution in [0.4, 0.5) is 0 Å². The number of hydrogen-bond acceptors (Lipinski definition) is 2. The first-order chi connectivity index (χ1) is 5.24. The molecule has 1 aliphatic rings. The van der Waals surface area contributed by atoms with E-state index in [1.165, 1.54) is 4.90 Å². The second-order valence-electron chi connectivity index (χ2n) is 2.78. The average Bonchev–Trinajstić information content (AvgIpc) is 2.05. The number of hydrogen-bond donors (Lipinski definition) is 1. The summed E-state index contributed by atoms with van der Waals surface area (Å²) in [5.74, 6) is -1.15. The van der Waals surface area contributed by atoms with Gasteiger partial charge in [-0.2, -0.15) is 0 Å². The molecule has 1 heterocycles. The maximum Gasteiger partial charge on any atom is 0.308 e. The highest BCUT2D eigenvalue weighted by Crippen LogP contribution is 2.14. The Morgan fingerprint density at radius 1 is 1.64 bits per heavy atom. The molecule has 1 aliphatic heterocycles. The van der Waals surface area contributed by atoms with Crippen molar-refractivity contribution in [2.45, 2.75) is 12.8 Å². The first kappa shape index (κ1) is 8.04. The van der Waals surface area contributed by atoms with Gasteiger partial charge in [-0.3, -0.25) is 9.59 Å². The van der Waals surface area contributed by atoms with Crippen LogP contribution in [0.2, 0.25) is 0 Å². The van der Waals surface area contributed by atoms with Crippen molar-refractivity contribution < 1.29 is 14.7 Å². The zero-order chi connectivity index (χ0) is 8.27. The van der Waals surface area contributed by atoms with E-state index in [2.05, 4.69) is 0 Å². The number of nitrogens with zero attached hydrogens (tertiary/aromatic N) is 1. The van der Waals surface area contributed by atoms with Gasteiger partial charge in [0.25, 0.3) is 0 Å². The molecule has 1 saturated heterocycles. The Hall–Kier alpha value is -1.06. The second kappa shape index (κ2) is 3.37. The van der Waals surface area contributed by atoms with Gasteiger partial charge in [-0.1, -0.05) is 0 Å². The lowest BCUT2D eigenvalue weighted by molar-refractivity contribution is -0.144. The van der Waals surface area contributed by atoms with Crippen LogP contribution in [0.15, 0.2) is 0 Å². The summed E-state index contributed by atoms with van der Waals surface area (Å²) < 4.78 is 0. The molecule has 0 radical (unpaired) electrons. The average molecular weight is 157 g/mol. The summed E-state index contributed by atoms with van der Waals surface area (Å²) in [6, 6.07) is 0. The van der Waals surface area contributed by atoms with E-state index in [0.29, 0.717) is 19.5 Å². The number of aliphatic carboxylic acids is 1. The van der Waals surface area contributed by atoms with Crippen molar-refractivity contribution in [1.82, 2.24) is 4.90 Å². The van der Waals surface area contributed by atoms with Gasteiger partial charge >= 0.3 is 5.97 Å². The van der Waals surface area contributed by atoms with Crippen LogP contribution in [0.25, 0.3) is 0 Å². The SMILES string of the molecule is O=CN1CCCC(C(=O)O)C1. The summed E-state index contributed by atoms with van der Waals surface area (Å²) in [5.41, 5.74) is 0. The molecule has 1 rings (SSSR count). The maximum absolute atomic E-state index is 10.5. The molecular formula is C7H11NO3. The molecule has 0 saturated carbocycles. The Morgan fingerprint density at radius 2 is 2.36 bits per heavy atom. The minimum absolute atomic E-state index is 0.353. The minimum Gasteiger partial charge on any atom is -0.481 e. The number of carboxylic acid groups (broad SMARTS) is 1. The molecular weight excluding hydrogens is 146 g/mol.